The standard InChI is InChI=1S/C15H27NO4/c1-2-15(19)20-16-13-11-9-7-5-3-4-6-8-10-12-14(17)18/h2,16H,1,3-13H2,(H,17,18). The van der Waals surface area contributed by atoms with E-state index < -0.39 is 11.9 Å². The van der Waals surface area contributed by atoms with Crippen LogP contribution in [0, 0.1) is 0 Å². The molecule has 0 aromatic heterocycles. The van der Waals surface area contributed by atoms with Crippen molar-refractivity contribution in [3.63, 3.8) is 0 Å². The summed E-state index contributed by atoms with van der Waals surface area (Å²) < 4.78 is 0. The number of carboxylic acids is 1. The number of hydrogen-bond donors (Lipinski definition) is 2. The van der Waals surface area contributed by atoms with E-state index in [1.165, 1.54) is 25.7 Å². The van der Waals surface area contributed by atoms with Crippen LogP contribution in [-0.4, -0.2) is 23.6 Å². The quantitative estimate of drug-likeness (QED) is 0.291. The summed E-state index contributed by atoms with van der Waals surface area (Å²) in [4.78, 5) is 25.6. The fourth-order valence-electron chi connectivity index (χ4n) is 1.87. The van der Waals surface area contributed by atoms with Crippen molar-refractivity contribution in [2.24, 2.45) is 0 Å². The van der Waals surface area contributed by atoms with Crippen LogP contribution in [0.25, 0.3) is 0 Å². The van der Waals surface area contributed by atoms with E-state index in [2.05, 4.69) is 16.9 Å². The largest absolute Gasteiger partial charge is 0.481 e. The molecule has 0 rings (SSSR count). The lowest BCUT2D eigenvalue weighted by atomic mass is 10.1. The number of carboxylic acid groups (broad SMARTS) is 1. The van der Waals surface area contributed by atoms with E-state index in [4.69, 9.17) is 5.11 Å². The van der Waals surface area contributed by atoms with E-state index in [9.17, 15) is 9.59 Å². The number of nitrogens with one attached hydrogen (secondary N) is 1. The van der Waals surface area contributed by atoms with Crippen LogP contribution in [0.1, 0.15) is 64.2 Å². The third-order valence-corrected chi connectivity index (χ3v) is 3.01. The van der Waals surface area contributed by atoms with Gasteiger partial charge in [0.15, 0.2) is 0 Å². The van der Waals surface area contributed by atoms with Crippen molar-refractivity contribution in [2.75, 3.05) is 6.54 Å². The molecule has 20 heavy (non-hydrogen) atoms. The molecule has 0 spiro atoms. The van der Waals surface area contributed by atoms with E-state index >= 15 is 0 Å². The summed E-state index contributed by atoms with van der Waals surface area (Å²) >= 11 is 0. The van der Waals surface area contributed by atoms with Crippen LogP contribution in [0.4, 0.5) is 0 Å². The Hall–Kier alpha value is -1.36. The van der Waals surface area contributed by atoms with Crippen molar-refractivity contribution in [1.82, 2.24) is 5.48 Å². The van der Waals surface area contributed by atoms with E-state index in [1.54, 1.807) is 0 Å². The Balaban J connectivity index is 3.04. The van der Waals surface area contributed by atoms with Gasteiger partial charge in [-0.05, 0) is 12.8 Å². The van der Waals surface area contributed by atoms with E-state index in [0.29, 0.717) is 13.0 Å². The molecule has 0 saturated heterocycles. The fourth-order valence-corrected chi connectivity index (χ4v) is 1.87. The van der Waals surface area contributed by atoms with Gasteiger partial charge >= 0.3 is 11.9 Å². The van der Waals surface area contributed by atoms with Crippen LogP contribution < -0.4 is 5.48 Å². The first-order chi connectivity index (χ1) is 9.66. The second-order valence-corrected chi connectivity index (χ2v) is 4.85. The molecule has 0 aromatic rings. The Kier molecular flexibility index (Phi) is 13.1. The van der Waals surface area contributed by atoms with E-state index in [1.807, 2.05) is 0 Å². The molecule has 0 atom stereocenters. The van der Waals surface area contributed by atoms with Gasteiger partial charge in [-0.2, -0.15) is 5.48 Å². The van der Waals surface area contributed by atoms with Crippen molar-refractivity contribution in [1.29, 1.82) is 0 Å². The SMILES string of the molecule is C=CC(=O)ONCCCCCCCCCCCC(=O)O. The van der Waals surface area contributed by atoms with Crippen molar-refractivity contribution in [3.05, 3.63) is 12.7 Å². The Bertz CT molecular complexity index is 279. The Labute approximate surface area is 121 Å². The molecule has 0 aliphatic rings. The molecule has 0 heterocycles. The molecule has 0 aliphatic carbocycles. The Morgan fingerprint density at radius 3 is 1.95 bits per heavy atom. The van der Waals surface area contributed by atoms with Crippen molar-refractivity contribution < 1.29 is 19.5 Å². The lowest BCUT2D eigenvalue weighted by Crippen LogP contribution is -2.19. The molecule has 0 saturated carbocycles. The highest BCUT2D eigenvalue weighted by Gasteiger charge is 1.97. The normalized spacial score (nSPS) is 10.2. The first kappa shape index (κ1) is 18.6. The predicted molar refractivity (Wildman–Crippen MR) is 78.1 cm³/mol. The van der Waals surface area contributed by atoms with E-state index in [-0.39, 0.29) is 0 Å². The van der Waals surface area contributed by atoms with Crippen LogP contribution in [0.15, 0.2) is 12.7 Å². The van der Waals surface area contributed by atoms with Gasteiger partial charge in [-0.1, -0.05) is 51.5 Å². The summed E-state index contributed by atoms with van der Waals surface area (Å²) in [6.45, 7) is 3.98. The highest BCUT2D eigenvalue weighted by molar-refractivity contribution is 5.80. The highest BCUT2D eigenvalue weighted by atomic mass is 16.7. The van der Waals surface area contributed by atoms with Gasteiger partial charge < -0.3 is 9.94 Å². The molecule has 5 nitrogen and oxygen atoms in total. The molecular weight excluding hydrogens is 258 g/mol. The molecule has 5 heteroatoms. The van der Waals surface area contributed by atoms with Gasteiger partial charge in [0.25, 0.3) is 0 Å². The monoisotopic (exact) mass is 285 g/mol. The number of hydroxylamine groups is 1. The van der Waals surface area contributed by atoms with Gasteiger partial charge in [0.2, 0.25) is 0 Å². The summed E-state index contributed by atoms with van der Waals surface area (Å²) in [6, 6.07) is 0. The number of carbonyl (C=O) groups is 2. The third-order valence-electron chi connectivity index (χ3n) is 3.01. The van der Waals surface area contributed by atoms with E-state index in [0.717, 1.165) is 38.2 Å². The minimum atomic E-state index is -0.697. The Morgan fingerprint density at radius 1 is 0.950 bits per heavy atom. The zero-order valence-electron chi connectivity index (χ0n) is 12.2. The zero-order valence-corrected chi connectivity index (χ0v) is 12.2. The molecule has 0 aromatic carbocycles. The maximum Gasteiger partial charge on any atom is 0.348 e. The van der Waals surface area contributed by atoms with Crippen LogP contribution in [0.2, 0.25) is 0 Å². The van der Waals surface area contributed by atoms with Gasteiger partial charge in [-0.3, -0.25) is 4.79 Å². The first-order valence-corrected chi connectivity index (χ1v) is 7.44. The second kappa shape index (κ2) is 14.1. The third kappa shape index (κ3) is 14.7. The van der Waals surface area contributed by atoms with Crippen LogP contribution >= 0.6 is 0 Å². The van der Waals surface area contributed by atoms with Gasteiger partial charge in [0.1, 0.15) is 0 Å². The molecule has 0 bridgehead atoms. The topological polar surface area (TPSA) is 75.6 Å². The molecular formula is C15H27NO4. The number of hydrogen-bond acceptors (Lipinski definition) is 4. The maximum absolute atomic E-state index is 10.7. The average molecular weight is 285 g/mol. The van der Waals surface area contributed by atoms with Crippen LogP contribution in [0.3, 0.4) is 0 Å². The summed E-state index contributed by atoms with van der Waals surface area (Å²) in [5.74, 6) is -1.15. The minimum absolute atomic E-state index is 0.295. The van der Waals surface area contributed by atoms with Crippen molar-refractivity contribution >= 4 is 11.9 Å². The fraction of sp³-hybridized carbons (Fsp3) is 0.733. The summed E-state index contributed by atoms with van der Waals surface area (Å²) in [5.41, 5.74) is 2.60. The van der Waals surface area contributed by atoms with Crippen LogP contribution in [0.5, 0.6) is 0 Å². The zero-order chi connectivity index (χ0) is 15.1. The van der Waals surface area contributed by atoms with Crippen molar-refractivity contribution in [2.45, 2.75) is 64.2 Å². The number of carbonyl (C=O) groups excluding carboxylic acids is 1. The molecule has 116 valence electrons. The van der Waals surface area contributed by atoms with Gasteiger partial charge in [0, 0.05) is 19.0 Å². The van der Waals surface area contributed by atoms with Gasteiger partial charge in [-0.15, -0.1) is 0 Å². The first-order valence-electron chi connectivity index (χ1n) is 7.44. The minimum Gasteiger partial charge on any atom is -0.481 e. The molecule has 0 fully saturated rings. The van der Waals surface area contributed by atoms with Gasteiger partial charge in [-0.25, -0.2) is 4.79 Å². The highest BCUT2D eigenvalue weighted by Crippen LogP contribution is 2.10. The van der Waals surface area contributed by atoms with Crippen LogP contribution in [-0.2, 0) is 14.4 Å². The number of aliphatic carboxylic acids is 1. The average Bonchev–Trinajstić information content (AvgIpc) is 2.43. The lowest BCUT2D eigenvalue weighted by molar-refractivity contribution is -0.145. The Morgan fingerprint density at radius 2 is 1.45 bits per heavy atom. The molecule has 0 amide bonds. The maximum atomic E-state index is 10.7. The van der Waals surface area contributed by atoms with Gasteiger partial charge in [0.05, 0.1) is 0 Å². The molecule has 0 radical (unpaired) electrons. The summed E-state index contributed by atoms with van der Waals surface area (Å²) in [6.07, 6.45) is 11.3. The number of unbranched alkanes of at least 4 members (excludes halogenated alkanes) is 8. The molecule has 0 unspecified atom stereocenters. The molecule has 0 aliphatic heterocycles. The second-order valence-electron chi connectivity index (χ2n) is 4.85. The summed E-state index contributed by atoms with van der Waals surface area (Å²) in [5, 5.41) is 8.48. The smallest absolute Gasteiger partial charge is 0.348 e. The van der Waals surface area contributed by atoms with Crippen molar-refractivity contribution in [3.8, 4) is 0 Å². The number of rotatable bonds is 14. The molecule has 2 N–H and O–H groups in total. The summed E-state index contributed by atoms with van der Waals surface area (Å²) in [7, 11) is 0. The lowest BCUT2D eigenvalue weighted by Gasteiger charge is -2.04. The predicted octanol–water partition coefficient (Wildman–Crippen LogP) is 3.21.